The first-order chi connectivity index (χ1) is 9.37. The van der Waals surface area contributed by atoms with Gasteiger partial charge in [0.2, 0.25) is 0 Å². The maximum atomic E-state index is 11.1. The Bertz CT molecular complexity index is 353. The van der Waals surface area contributed by atoms with Crippen molar-refractivity contribution in [3.8, 4) is 0 Å². The molecule has 20 heavy (non-hydrogen) atoms. The molecule has 114 valence electrons. The summed E-state index contributed by atoms with van der Waals surface area (Å²) in [5, 5.41) is 37.2. The Balaban J connectivity index is 4.80. The Morgan fingerprint density at radius 3 is 2.05 bits per heavy atom. The molecule has 0 aliphatic heterocycles. The molecule has 0 saturated carbocycles. The summed E-state index contributed by atoms with van der Waals surface area (Å²) >= 11 is 0. The first-order valence-corrected chi connectivity index (χ1v) is 5.64. The lowest BCUT2D eigenvalue weighted by Crippen LogP contribution is -2.49. The van der Waals surface area contributed by atoms with Crippen LogP contribution in [0, 0.1) is 0 Å². The molecule has 4 atom stereocenters. The predicted molar refractivity (Wildman–Crippen MR) is 66.3 cm³/mol. The molecule has 0 spiro atoms. The normalized spacial score (nSPS) is 16.4. The fraction of sp³-hybridized carbons (Fsp3) is 0.500. The van der Waals surface area contributed by atoms with Gasteiger partial charge < -0.3 is 29.9 Å². The lowest BCUT2D eigenvalue weighted by Gasteiger charge is -2.27. The lowest BCUT2D eigenvalue weighted by atomic mass is 10.0. The first kappa shape index (κ1) is 18.3. The summed E-state index contributed by atoms with van der Waals surface area (Å²) in [5.41, 5.74) is 0. The van der Waals surface area contributed by atoms with Crippen molar-refractivity contribution in [1.29, 1.82) is 0 Å². The minimum Gasteiger partial charge on any atom is -0.458 e. The summed E-state index contributed by atoms with van der Waals surface area (Å²) in [6.07, 6.45) is -5.00. The Morgan fingerprint density at radius 1 is 1.05 bits per heavy atom. The Kier molecular flexibility index (Phi) is 8.41. The Morgan fingerprint density at radius 2 is 1.60 bits per heavy atom. The molecule has 0 aromatic carbocycles. The van der Waals surface area contributed by atoms with Gasteiger partial charge in [0.15, 0.2) is 6.10 Å². The Hall–Kier alpha value is -1.74. The topological polar surface area (TPSA) is 134 Å². The van der Waals surface area contributed by atoms with Crippen molar-refractivity contribution in [3.05, 3.63) is 25.3 Å². The molecule has 0 aliphatic rings. The van der Waals surface area contributed by atoms with Crippen LogP contribution in [0.1, 0.15) is 0 Å². The molecule has 0 fully saturated rings. The second kappa shape index (κ2) is 9.21. The number of ether oxygens (including phenoxy) is 2. The van der Waals surface area contributed by atoms with Gasteiger partial charge in [-0.3, -0.25) is 0 Å². The highest BCUT2D eigenvalue weighted by atomic mass is 16.6. The molecule has 0 unspecified atom stereocenters. The van der Waals surface area contributed by atoms with Gasteiger partial charge >= 0.3 is 11.9 Å². The zero-order valence-corrected chi connectivity index (χ0v) is 10.7. The Labute approximate surface area is 115 Å². The van der Waals surface area contributed by atoms with E-state index < -0.39 is 49.6 Å². The number of hydrogen-bond donors (Lipinski definition) is 4. The van der Waals surface area contributed by atoms with Gasteiger partial charge in [-0.25, -0.2) is 9.59 Å². The van der Waals surface area contributed by atoms with E-state index >= 15 is 0 Å². The zero-order valence-electron chi connectivity index (χ0n) is 10.7. The second-order valence-electron chi connectivity index (χ2n) is 3.74. The van der Waals surface area contributed by atoms with Crippen LogP contribution in [0.25, 0.3) is 0 Å². The highest BCUT2D eigenvalue weighted by Gasteiger charge is 2.34. The molecule has 0 aliphatic carbocycles. The number of aliphatic hydroxyl groups is 4. The van der Waals surface area contributed by atoms with Gasteiger partial charge in [0.25, 0.3) is 0 Å². The van der Waals surface area contributed by atoms with E-state index in [1.54, 1.807) is 0 Å². The highest BCUT2D eigenvalue weighted by Crippen LogP contribution is 2.10. The number of carbonyl (C=O) groups is 2. The minimum absolute atomic E-state index is 0.569. The third-order valence-electron chi connectivity index (χ3n) is 2.30. The van der Waals surface area contributed by atoms with E-state index in [9.17, 15) is 24.9 Å². The number of rotatable bonds is 9. The summed E-state index contributed by atoms with van der Waals surface area (Å²) in [7, 11) is 0. The van der Waals surface area contributed by atoms with E-state index in [0.29, 0.717) is 0 Å². The number of aliphatic hydroxyl groups excluding tert-OH is 4. The third kappa shape index (κ3) is 5.93. The number of hydrogen-bond acceptors (Lipinski definition) is 8. The average Bonchev–Trinajstić information content (AvgIpc) is 2.47. The van der Waals surface area contributed by atoms with Crippen molar-refractivity contribution in [2.45, 2.75) is 24.4 Å². The molecule has 0 aromatic heterocycles. The summed E-state index contributed by atoms with van der Waals surface area (Å²) < 4.78 is 9.30. The van der Waals surface area contributed by atoms with Gasteiger partial charge in [-0.05, 0) is 0 Å². The summed E-state index contributed by atoms with van der Waals surface area (Å²) in [4.78, 5) is 22.0. The molecule has 0 bridgehead atoms. The van der Waals surface area contributed by atoms with Crippen LogP contribution in [0.5, 0.6) is 0 Å². The van der Waals surface area contributed by atoms with Crippen molar-refractivity contribution in [2.24, 2.45) is 0 Å². The van der Waals surface area contributed by atoms with Crippen LogP contribution in [0.2, 0.25) is 0 Å². The molecule has 0 heterocycles. The molecular weight excluding hydrogens is 272 g/mol. The fourth-order valence-corrected chi connectivity index (χ4v) is 1.18. The van der Waals surface area contributed by atoms with Crippen molar-refractivity contribution < 1.29 is 39.5 Å². The average molecular weight is 290 g/mol. The first-order valence-electron chi connectivity index (χ1n) is 5.64. The molecule has 8 heteroatoms. The quantitative estimate of drug-likeness (QED) is 0.280. The SMILES string of the molecule is C=CC(=O)OC[C@@H](OC(=O)C=C)[C@@H](O)[C@H](O)[C@H](O)CO. The van der Waals surface area contributed by atoms with Gasteiger partial charge in [0, 0.05) is 12.2 Å². The van der Waals surface area contributed by atoms with E-state index in [2.05, 4.69) is 17.9 Å². The molecular formula is C12H18O8. The van der Waals surface area contributed by atoms with Crippen LogP contribution in [0.4, 0.5) is 0 Å². The maximum absolute atomic E-state index is 11.1. The standard InChI is InChI=1S/C12H18O8/c1-3-9(15)19-6-8(20-10(16)4-2)12(18)11(17)7(14)5-13/h3-4,7-8,11-14,17-18H,1-2,5-6H2/t7-,8-,11-,12-/m1/s1. The second-order valence-corrected chi connectivity index (χ2v) is 3.74. The molecule has 0 saturated heterocycles. The summed E-state index contributed by atoms with van der Waals surface area (Å²) in [6, 6.07) is 0. The molecule has 0 radical (unpaired) electrons. The molecule has 8 nitrogen and oxygen atoms in total. The van der Waals surface area contributed by atoms with Crippen molar-refractivity contribution in [2.75, 3.05) is 13.2 Å². The molecule has 0 aromatic rings. The van der Waals surface area contributed by atoms with Crippen LogP contribution in [-0.4, -0.2) is 70.0 Å². The predicted octanol–water partition coefficient (Wildman–Crippen LogP) is -2.11. The molecule has 0 amide bonds. The summed E-state index contributed by atoms with van der Waals surface area (Å²) in [5.74, 6) is -1.75. The lowest BCUT2D eigenvalue weighted by molar-refractivity contribution is -0.172. The van der Waals surface area contributed by atoms with Crippen molar-refractivity contribution in [3.63, 3.8) is 0 Å². The van der Waals surface area contributed by atoms with E-state index in [4.69, 9.17) is 9.84 Å². The van der Waals surface area contributed by atoms with Gasteiger partial charge in [-0.1, -0.05) is 13.2 Å². The van der Waals surface area contributed by atoms with Crippen molar-refractivity contribution in [1.82, 2.24) is 0 Å². The van der Waals surface area contributed by atoms with Crippen LogP contribution < -0.4 is 0 Å². The minimum atomic E-state index is -1.80. The highest BCUT2D eigenvalue weighted by molar-refractivity contribution is 5.82. The largest absolute Gasteiger partial charge is 0.458 e. The van der Waals surface area contributed by atoms with Gasteiger partial charge in [0.05, 0.1) is 6.61 Å². The van der Waals surface area contributed by atoms with Gasteiger partial charge in [0.1, 0.15) is 24.9 Å². The van der Waals surface area contributed by atoms with Gasteiger partial charge in [-0.15, -0.1) is 0 Å². The number of carbonyl (C=O) groups excluding carboxylic acids is 2. The van der Waals surface area contributed by atoms with Crippen LogP contribution in [-0.2, 0) is 19.1 Å². The van der Waals surface area contributed by atoms with E-state index in [0.717, 1.165) is 12.2 Å². The third-order valence-corrected chi connectivity index (χ3v) is 2.30. The number of esters is 2. The van der Waals surface area contributed by atoms with Crippen LogP contribution in [0.3, 0.4) is 0 Å². The smallest absolute Gasteiger partial charge is 0.330 e. The fourth-order valence-electron chi connectivity index (χ4n) is 1.18. The maximum Gasteiger partial charge on any atom is 0.330 e. The summed E-state index contributed by atoms with van der Waals surface area (Å²) in [6.45, 7) is 4.92. The van der Waals surface area contributed by atoms with Crippen LogP contribution in [0.15, 0.2) is 25.3 Å². The molecule has 0 rings (SSSR count). The molecule has 4 N–H and O–H groups in total. The van der Waals surface area contributed by atoms with Crippen LogP contribution >= 0.6 is 0 Å². The van der Waals surface area contributed by atoms with E-state index in [-0.39, 0.29) is 0 Å². The van der Waals surface area contributed by atoms with E-state index in [1.807, 2.05) is 0 Å². The van der Waals surface area contributed by atoms with Gasteiger partial charge in [-0.2, -0.15) is 0 Å². The van der Waals surface area contributed by atoms with E-state index in [1.165, 1.54) is 0 Å². The van der Waals surface area contributed by atoms with Crippen molar-refractivity contribution >= 4 is 11.9 Å². The zero-order chi connectivity index (χ0) is 15.7. The monoisotopic (exact) mass is 290 g/mol.